The van der Waals surface area contributed by atoms with Crippen molar-refractivity contribution in [1.82, 2.24) is 4.90 Å². The number of benzene rings is 2. The molecule has 2 unspecified atom stereocenters. The molecule has 28 heavy (non-hydrogen) atoms. The summed E-state index contributed by atoms with van der Waals surface area (Å²) in [6, 6.07) is 15.9. The third-order valence-corrected chi connectivity index (χ3v) is 5.68. The molecule has 2 atom stereocenters. The zero-order valence-electron chi connectivity index (χ0n) is 17.5. The van der Waals surface area contributed by atoms with Gasteiger partial charge in [-0.1, -0.05) is 57.0 Å². The smallest absolute Gasteiger partial charge is 0.258 e. The van der Waals surface area contributed by atoms with Crippen LogP contribution >= 0.6 is 0 Å². The maximum absolute atomic E-state index is 13.5. The van der Waals surface area contributed by atoms with Gasteiger partial charge in [0.15, 0.2) is 0 Å². The molecule has 0 bridgehead atoms. The molecular weight excluding hydrogens is 348 g/mol. The van der Waals surface area contributed by atoms with Crippen molar-refractivity contribution in [1.29, 1.82) is 0 Å². The highest BCUT2D eigenvalue weighted by molar-refractivity contribution is 6.02. The van der Waals surface area contributed by atoms with E-state index in [4.69, 9.17) is 4.74 Å². The van der Waals surface area contributed by atoms with Crippen molar-refractivity contribution in [3.8, 4) is 5.75 Å². The summed E-state index contributed by atoms with van der Waals surface area (Å²) in [5.74, 6) is 0.904. The number of fused-ring (bicyclic) bond motifs is 1. The first-order chi connectivity index (χ1) is 13.5. The first-order valence-corrected chi connectivity index (χ1v) is 10.5. The summed E-state index contributed by atoms with van der Waals surface area (Å²) in [7, 11) is 0. The SMILES string of the molecule is CCCCCOc1ccccc1C1(C)Nc2ccccc2C(=O)N1C(C)CC. The minimum Gasteiger partial charge on any atom is -0.493 e. The second-order valence-electron chi connectivity index (χ2n) is 7.73. The molecule has 0 aliphatic carbocycles. The number of anilines is 1. The summed E-state index contributed by atoms with van der Waals surface area (Å²) in [6.45, 7) is 9.19. The molecule has 1 aliphatic rings. The van der Waals surface area contributed by atoms with Crippen molar-refractivity contribution < 1.29 is 9.53 Å². The van der Waals surface area contributed by atoms with Crippen LogP contribution in [0.4, 0.5) is 5.69 Å². The Kier molecular flexibility index (Phi) is 6.28. The zero-order chi connectivity index (χ0) is 20.1. The standard InChI is InChI=1S/C24H32N2O2/c1-5-7-12-17-28-22-16-11-9-14-20(22)24(4)25-21-15-10-8-13-19(21)23(27)26(24)18(3)6-2/h8-11,13-16,18,25H,5-7,12,17H2,1-4H3. The Bertz CT molecular complexity index is 820. The normalized spacial score (nSPS) is 19.7. The summed E-state index contributed by atoms with van der Waals surface area (Å²) < 4.78 is 6.16. The molecule has 0 radical (unpaired) electrons. The predicted octanol–water partition coefficient (Wildman–Crippen LogP) is 5.79. The first-order valence-electron chi connectivity index (χ1n) is 10.5. The van der Waals surface area contributed by atoms with E-state index in [1.165, 1.54) is 0 Å². The van der Waals surface area contributed by atoms with Gasteiger partial charge in [-0.2, -0.15) is 0 Å². The van der Waals surface area contributed by atoms with Crippen LogP contribution in [-0.4, -0.2) is 23.5 Å². The van der Waals surface area contributed by atoms with Gasteiger partial charge in [-0.3, -0.25) is 4.79 Å². The Hall–Kier alpha value is -2.49. The second kappa shape index (κ2) is 8.68. The third-order valence-electron chi connectivity index (χ3n) is 5.68. The average Bonchev–Trinajstić information content (AvgIpc) is 2.71. The molecular formula is C24H32N2O2. The maximum atomic E-state index is 13.5. The van der Waals surface area contributed by atoms with Gasteiger partial charge >= 0.3 is 0 Å². The molecule has 0 saturated carbocycles. The van der Waals surface area contributed by atoms with Crippen LogP contribution in [0.25, 0.3) is 0 Å². The summed E-state index contributed by atoms with van der Waals surface area (Å²) in [5, 5.41) is 3.65. The molecule has 1 heterocycles. The van der Waals surface area contributed by atoms with E-state index in [2.05, 4.69) is 39.1 Å². The lowest BCUT2D eigenvalue weighted by Crippen LogP contribution is -2.59. The van der Waals surface area contributed by atoms with Gasteiger partial charge in [-0.05, 0) is 44.9 Å². The lowest BCUT2D eigenvalue weighted by Gasteiger charge is -2.49. The van der Waals surface area contributed by atoms with Crippen LogP contribution in [-0.2, 0) is 5.66 Å². The number of ether oxygens (including phenoxy) is 1. The molecule has 3 rings (SSSR count). The number of carbonyl (C=O) groups excluding carboxylic acids is 1. The van der Waals surface area contributed by atoms with E-state index in [-0.39, 0.29) is 11.9 Å². The van der Waals surface area contributed by atoms with Gasteiger partial charge in [0.05, 0.1) is 12.2 Å². The monoisotopic (exact) mass is 380 g/mol. The highest BCUT2D eigenvalue weighted by Crippen LogP contribution is 2.42. The Balaban J connectivity index is 2.04. The van der Waals surface area contributed by atoms with Crippen LogP contribution in [0.5, 0.6) is 5.75 Å². The minimum absolute atomic E-state index is 0.0620. The molecule has 0 aromatic heterocycles. The van der Waals surface area contributed by atoms with Gasteiger partial charge in [-0.25, -0.2) is 0 Å². The van der Waals surface area contributed by atoms with Gasteiger partial charge in [0.2, 0.25) is 0 Å². The van der Waals surface area contributed by atoms with E-state index >= 15 is 0 Å². The first kappa shape index (κ1) is 20.2. The molecule has 0 spiro atoms. The summed E-state index contributed by atoms with van der Waals surface area (Å²) in [4.78, 5) is 15.4. The van der Waals surface area contributed by atoms with Crippen LogP contribution in [0, 0.1) is 0 Å². The van der Waals surface area contributed by atoms with Gasteiger partial charge in [0.1, 0.15) is 11.4 Å². The van der Waals surface area contributed by atoms with Gasteiger partial charge in [-0.15, -0.1) is 0 Å². The Labute approximate surface area is 168 Å². The lowest BCUT2D eigenvalue weighted by molar-refractivity contribution is 0.0392. The van der Waals surface area contributed by atoms with Crippen molar-refractivity contribution in [2.75, 3.05) is 11.9 Å². The maximum Gasteiger partial charge on any atom is 0.258 e. The van der Waals surface area contributed by atoms with Crippen LogP contribution in [0.15, 0.2) is 48.5 Å². The number of nitrogens with one attached hydrogen (secondary N) is 1. The van der Waals surface area contributed by atoms with E-state index in [0.717, 1.165) is 48.2 Å². The summed E-state index contributed by atoms with van der Waals surface area (Å²) in [6.07, 6.45) is 4.23. The van der Waals surface area contributed by atoms with E-state index in [0.29, 0.717) is 6.61 Å². The van der Waals surface area contributed by atoms with Crippen molar-refractivity contribution in [3.05, 3.63) is 59.7 Å². The van der Waals surface area contributed by atoms with E-state index in [1.54, 1.807) is 0 Å². The molecule has 0 fully saturated rings. The van der Waals surface area contributed by atoms with Crippen LogP contribution in [0.2, 0.25) is 0 Å². The molecule has 2 aromatic carbocycles. The number of rotatable bonds is 8. The predicted molar refractivity (Wildman–Crippen MR) is 115 cm³/mol. The second-order valence-corrected chi connectivity index (χ2v) is 7.73. The molecule has 1 aliphatic heterocycles. The Morgan fingerprint density at radius 1 is 1.07 bits per heavy atom. The van der Waals surface area contributed by atoms with E-state index in [1.807, 2.05) is 47.4 Å². The number of hydrogen-bond acceptors (Lipinski definition) is 3. The molecule has 1 amide bonds. The zero-order valence-corrected chi connectivity index (χ0v) is 17.5. The van der Waals surface area contributed by atoms with Crippen molar-refractivity contribution in [2.24, 2.45) is 0 Å². The third kappa shape index (κ3) is 3.73. The Morgan fingerprint density at radius 3 is 2.54 bits per heavy atom. The summed E-state index contributed by atoms with van der Waals surface area (Å²) in [5.41, 5.74) is 1.91. The fourth-order valence-corrected chi connectivity index (χ4v) is 3.98. The van der Waals surface area contributed by atoms with Crippen LogP contribution in [0.3, 0.4) is 0 Å². The van der Waals surface area contributed by atoms with Gasteiger partial charge in [0.25, 0.3) is 5.91 Å². The van der Waals surface area contributed by atoms with Crippen LogP contribution < -0.4 is 10.1 Å². The van der Waals surface area contributed by atoms with Crippen molar-refractivity contribution in [2.45, 2.75) is 65.1 Å². The van der Waals surface area contributed by atoms with E-state index < -0.39 is 5.66 Å². The molecule has 150 valence electrons. The quantitative estimate of drug-likeness (QED) is 0.589. The molecule has 0 saturated heterocycles. The number of unbranched alkanes of at least 4 members (excludes halogenated alkanes) is 2. The fourth-order valence-electron chi connectivity index (χ4n) is 3.98. The highest BCUT2D eigenvalue weighted by atomic mass is 16.5. The summed E-state index contributed by atoms with van der Waals surface area (Å²) >= 11 is 0. The molecule has 4 nitrogen and oxygen atoms in total. The lowest BCUT2D eigenvalue weighted by atomic mass is 9.91. The molecule has 1 N–H and O–H groups in total. The molecule has 4 heteroatoms. The van der Waals surface area contributed by atoms with E-state index in [9.17, 15) is 4.79 Å². The number of hydrogen-bond donors (Lipinski definition) is 1. The Morgan fingerprint density at radius 2 is 1.79 bits per heavy atom. The molecule has 2 aromatic rings. The topological polar surface area (TPSA) is 41.6 Å². The van der Waals surface area contributed by atoms with Crippen LogP contribution in [0.1, 0.15) is 69.3 Å². The van der Waals surface area contributed by atoms with Gasteiger partial charge in [0, 0.05) is 17.3 Å². The number of nitrogens with zero attached hydrogens (tertiary/aromatic N) is 1. The minimum atomic E-state index is -0.678. The van der Waals surface area contributed by atoms with Gasteiger partial charge < -0.3 is 15.0 Å². The average molecular weight is 381 g/mol. The number of para-hydroxylation sites is 2. The largest absolute Gasteiger partial charge is 0.493 e. The number of carbonyl (C=O) groups is 1. The van der Waals surface area contributed by atoms with Crippen molar-refractivity contribution >= 4 is 11.6 Å². The van der Waals surface area contributed by atoms with Crippen molar-refractivity contribution in [3.63, 3.8) is 0 Å². The number of amides is 1. The fraction of sp³-hybridized carbons (Fsp3) is 0.458. The highest BCUT2D eigenvalue weighted by Gasteiger charge is 2.45.